The fourth-order valence-corrected chi connectivity index (χ4v) is 3.78. The molecule has 29 heavy (non-hydrogen) atoms. The van der Waals surface area contributed by atoms with E-state index >= 15 is 0 Å². The van der Waals surface area contributed by atoms with Crippen molar-refractivity contribution >= 4 is 40.7 Å². The van der Waals surface area contributed by atoms with Crippen molar-refractivity contribution < 1.29 is 9.59 Å². The molecule has 146 valence electrons. The molecule has 5 nitrogen and oxygen atoms in total. The van der Waals surface area contributed by atoms with Gasteiger partial charge in [-0.3, -0.25) is 19.5 Å². The third-order valence-corrected chi connectivity index (χ3v) is 5.26. The van der Waals surface area contributed by atoms with Crippen molar-refractivity contribution in [3.8, 4) is 0 Å². The highest BCUT2D eigenvalue weighted by molar-refractivity contribution is 6.31. The van der Waals surface area contributed by atoms with Crippen LogP contribution in [-0.4, -0.2) is 16.8 Å². The minimum atomic E-state index is -0.487. The third-order valence-electron chi connectivity index (χ3n) is 4.78. The van der Waals surface area contributed by atoms with Crippen LogP contribution in [0, 0.1) is 0 Å². The van der Waals surface area contributed by atoms with Gasteiger partial charge in [-0.05, 0) is 54.1 Å². The fraction of sp³-hybridized carbons (Fsp3) is 0.136. The number of rotatable bonds is 5. The van der Waals surface area contributed by atoms with Crippen molar-refractivity contribution in [2.24, 2.45) is 0 Å². The average Bonchev–Trinajstić information content (AvgIpc) is 2.99. The number of carbonyl (C=O) groups excluding carboxylic acids is 2. The van der Waals surface area contributed by atoms with Crippen molar-refractivity contribution in [2.45, 2.75) is 19.0 Å². The lowest BCUT2D eigenvalue weighted by atomic mass is 10.1. The van der Waals surface area contributed by atoms with E-state index in [9.17, 15) is 9.59 Å². The molecule has 1 atom stereocenters. The lowest BCUT2D eigenvalue weighted by molar-refractivity contribution is -0.121. The molecule has 2 aromatic carbocycles. The van der Waals surface area contributed by atoms with Crippen LogP contribution in [0.25, 0.3) is 0 Å². The first kappa shape index (κ1) is 19.4. The van der Waals surface area contributed by atoms with Crippen molar-refractivity contribution in [3.05, 3.63) is 93.7 Å². The molecule has 0 radical (unpaired) electrons. The Morgan fingerprint density at radius 3 is 2.59 bits per heavy atom. The standard InChI is InChI=1S/C22H17Cl2N3O2/c23-15-6-8-17(9-7-15)27-19(21-18(22(27)29)5-2-10-25-21)12-20(28)26-13-14-3-1-4-16(24)11-14/h1-11,19H,12-13H2,(H,26,28)/t19-/m1/s1. The SMILES string of the molecule is O=C(C[C@@H]1c2ncccc2C(=O)N1c1ccc(Cl)cc1)NCc1cccc(Cl)c1. The zero-order chi connectivity index (χ0) is 20.4. The Bertz CT molecular complexity index is 1070. The molecule has 2 heterocycles. The number of hydrogen-bond acceptors (Lipinski definition) is 3. The van der Waals surface area contributed by atoms with Gasteiger partial charge in [0.1, 0.15) is 0 Å². The molecule has 4 rings (SSSR count). The number of fused-ring (bicyclic) bond motifs is 1. The van der Waals surface area contributed by atoms with Crippen molar-refractivity contribution in [1.29, 1.82) is 0 Å². The molecule has 0 fully saturated rings. The second-order valence-electron chi connectivity index (χ2n) is 6.71. The predicted octanol–water partition coefficient (Wildman–Crippen LogP) is 4.80. The summed E-state index contributed by atoms with van der Waals surface area (Å²) in [6.45, 7) is 0.357. The van der Waals surface area contributed by atoms with Crippen LogP contribution in [0.15, 0.2) is 66.9 Å². The third kappa shape index (κ3) is 4.11. The highest BCUT2D eigenvalue weighted by Crippen LogP contribution is 2.38. The van der Waals surface area contributed by atoms with Gasteiger partial charge >= 0.3 is 0 Å². The fourth-order valence-electron chi connectivity index (χ4n) is 3.44. The summed E-state index contributed by atoms with van der Waals surface area (Å²) in [6, 6.07) is 17.3. The summed E-state index contributed by atoms with van der Waals surface area (Å²) < 4.78 is 0. The van der Waals surface area contributed by atoms with Gasteiger partial charge in [0, 0.05) is 28.5 Å². The highest BCUT2D eigenvalue weighted by Gasteiger charge is 2.39. The number of pyridine rings is 1. The van der Waals surface area contributed by atoms with Gasteiger partial charge in [-0.15, -0.1) is 0 Å². The number of halogens is 2. The van der Waals surface area contributed by atoms with Crippen LogP contribution in [0.4, 0.5) is 5.69 Å². The first-order valence-corrected chi connectivity index (χ1v) is 9.84. The molecule has 0 spiro atoms. The monoisotopic (exact) mass is 425 g/mol. The first-order valence-electron chi connectivity index (χ1n) is 9.08. The van der Waals surface area contributed by atoms with Crippen molar-refractivity contribution in [2.75, 3.05) is 4.90 Å². The molecule has 0 unspecified atom stereocenters. The van der Waals surface area contributed by atoms with Crippen LogP contribution in [-0.2, 0) is 11.3 Å². The molecule has 3 aromatic rings. The van der Waals surface area contributed by atoms with E-state index in [1.54, 1.807) is 59.6 Å². The van der Waals surface area contributed by atoms with Crippen LogP contribution in [0.1, 0.15) is 34.1 Å². The average molecular weight is 426 g/mol. The van der Waals surface area contributed by atoms with Crippen molar-refractivity contribution in [1.82, 2.24) is 10.3 Å². The number of anilines is 1. The number of benzene rings is 2. The maximum Gasteiger partial charge on any atom is 0.260 e. The summed E-state index contributed by atoms with van der Waals surface area (Å²) in [5.74, 6) is -0.358. The van der Waals surface area contributed by atoms with Gasteiger partial charge < -0.3 is 5.32 Å². The van der Waals surface area contributed by atoms with Crippen LogP contribution >= 0.6 is 23.2 Å². The van der Waals surface area contributed by atoms with E-state index in [2.05, 4.69) is 10.3 Å². The quantitative estimate of drug-likeness (QED) is 0.638. The molecular weight excluding hydrogens is 409 g/mol. The number of aromatic nitrogens is 1. The van der Waals surface area contributed by atoms with E-state index < -0.39 is 6.04 Å². The molecule has 0 saturated carbocycles. The Labute approximate surface area is 178 Å². The van der Waals surface area contributed by atoms with Gasteiger partial charge in [0.25, 0.3) is 5.91 Å². The number of carbonyl (C=O) groups is 2. The summed E-state index contributed by atoms with van der Waals surface area (Å²) >= 11 is 12.0. The number of nitrogens with zero attached hydrogens (tertiary/aromatic N) is 2. The van der Waals surface area contributed by atoms with E-state index in [-0.39, 0.29) is 18.2 Å². The minimum absolute atomic E-state index is 0.0962. The first-order chi connectivity index (χ1) is 14.0. The number of nitrogens with one attached hydrogen (secondary N) is 1. The Balaban J connectivity index is 1.56. The van der Waals surface area contributed by atoms with E-state index in [0.717, 1.165) is 5.56 Å². The Morgan fingerprint density at radius 1 is 1.03 bits per heavy atom. The summed E-state index contributed by atoms with van der Waals surface area (Å²) in [5.41, 5.74) is 2.69. The van der Waals surface area contributed by atoms with Gasteiger partial charge in [0.05, 0.1) is 23.7 Å². The number of hydrogen-bond donors (Lipinski definition) is 1. The minimum Gasteiger partial charge on any atom is -0.352 e. The zero-order valence-electron chi connectivity index (χ0n) is 15.3. The van der Waals surface area contributed by atoms with Crippen LogP contribution in [0.3, 0.4) is 0 Å². The second kappa shape index (κ2) is 8.23. The molecule has 1 N–H and O–H groups in total. The summed E-state index contributed by atoms with van der Waals surface area (Å²) in [5, 5.41) is 4.09. The van der Waals surface area contributed by atoms with Crippen LogP contribution in [0.5, 0.6) is 0 Å². The molecule has 1 aromatic heterocycles. The molecule has 0 bridgehead atoms. The second-order valence-corrected chi connectivity index (χ2v) is 7.59. The van der Waals surface area contributed by atoms with Crippen molar-refractivity contribution in [3.63, 3.8) is 0 Å². The molecule has 1 aliphatic rings. The van der Waals surface area contributed by atoms with Gasteiger partial charge in [-0.1, -0.05) is 35.3 Å². The lowest BCUT2D eigenvalue weighted by Crippen LogP contribution is -2.32. The highest BCUT2D eigenvalue weighted by atomic mass is 35.5. The summed E-state index contributed by atoms with van der Waals surface area (Å²) in [6.07, 6.45) is 1.73. The van der Waals surface area contributed by atoms with Crippen LogP contribution in [0.2, 0.25) is 10.0 Å². The molecule has 2 amide bonds. The molecule has 1 aliphatic heterocycles. The predicted molar refractivity (Wildman–Crippen MR) is 113 cm³/mol. The molecule has 0 saturated heterocycles. The lowest BCUT2D eigenvalue weighted by Gasteiger charge is -2.24. The normalized spacial score (nSPS) is 15.3. The van der Waals surface area contributed by atoms with E-state index in [0.29, 0.717) is 33.5 Å². The molecular formula is C22H17Cl2N3O2. The van der Waals surface area contributed by atoms with Crippen LogP contribution < -0.4 is 10.2 Å². The maximum atomic E-state index is 13.0. The van der Waals surface area contributed by atoms with E-state index in [1.165, 1.54) is 0 Å². The maximum absolute atomic E-state index is 13.0. The Hall–Kier alpha value is -2.89. The molecule has 0 aliphatic carbocycles. The Morgan fingerprint density at radius 2 is 1.83 bits per heavy atom. The largest absolute Gasteiger partial charge is 0.352 e. The number of amides is 2. The van der Waals surface area contributed by atoms with Gasteiger partial charge in [0.15, 0.2) is 0 Å². The smallest absolute Gasteiger partial charge is 0.260 e. The molecule has 7 heteroatoms. The Kier molecular flexibility index (Phi) is 5.51. The summed E-state index contributed by atoms with van der Waals surface area (Å²) in [4.78, 5) is 31.7. The summed E-state index contributed by atoms with van der Waals surface area (Å²) in [7, 11) is 0. The van der Waals surface area contributed by atoms with Gasteiger partial charge in [-0.2, -0.15) is 0 Å². The van der Waals surface area contributed by atoms with E-state index in [1.807, 2.05) is 12.1 Å². The van der Waals surface area contributed by atoms with E-state index in [4.69, 9.17) is 23.2 Å². The van der Waals surface area contributed by atoms with Gasteiger partial charge in [-0.25, -0.2) is 0 Å². The van der Waals surface area contributed by atoms with Gasteiger partial charge in [0.2, 0.25) is 5.91 Å². The zero-order valence-corrected chi connectivity index (χ0v) is 16.8. The topological polar surface area (TPSA) is 62.3 Å².